The Labute approximate surface area is 77.5 Å². The van der Waals surface area contributed by atoms with Gasteiger partial charge in [-0.3, -0.25) is 4.79 Å². The van der Waals surface area contributed by atoms with E-state index in [0.717, 1.165) is 18.5 Å². The van der Waals surface area contributed by atoms with Gasteiger partial charge in [0, 0.05) is 12.0 Å². The van der Waals surface area contributed by atoms with Gasteiger partial charge in [-0.15, -0.1) is 0 Å². The van der Waals surface area contributed by atoms with Crippen LogP contribution in [0.2, 0.25) is 0 Å². The molecule has 1 heterocycles. The summed E-state index contributed by atoms with van der Waals surface area (Å²) in [5.74, 6) is 0.856. The van der Waals surface area contributed by atoms with Gasteiger partial charge in [0.2, 0.25) is 0 Å². The molecule has 1 aliphatic rings. The summed E-state index contributed by atoms with van der Waals surface area (Å²) >= 11 is 0. The van der Waals surface area contributed by atoms with E-state index in [4.69, 9.17) is 4.74 Å². The first-order chi connectivity index (χ1) is 6.11. The summed E-state index contributed by atoms with van der Waals surface area (Å²) in [5, 5.41) is 0. The first-order valence-corrected chi connectivity index (χ1v) is 4.38. The maximum Gasteiger partial charge on any atom is 0.150 e. The number of ether oxygens (including phenoxy) is 1. The first kappa shape index (κ1) is 8.30. The molecule has 2 rings (SSSR count). The molecule has 0 aliphatic carbocycles. The maximum absolute atomic E-state index is 10.5. The summed E-state index contributed by atoms with van der Waals surface area (Å²) in [7, 11) is 0. The van der Waals surface area contributed by atoms with E-state index in [9.17, 15) is 4.79 Å². The van der Waals surface area contributed by atoms with Crippen molar-refractivity contribution in [3.05, 3.63) is 29.3 Å². The van der Waals surface area contributed by atoms with Crippen LogP contribution in [0.1, 0.15) is 29.8 Å². The van der Waals surface area contributed by atoms with Crippen LogP contribution in [0.4, 0.5) is 0 Å². The average molecular weight is 176 g/mol. The molecule has 1 aromatic carbocycles. The van der Waals surface area contributed by atoms with Crippen LogP contribution in [-0.2, 0) is 6.42 Å². The van der Waals surface area contributed by atoms with Gasteiger partial charge in [-0.25, -0.2) is 0 Å². The summed E-state index contributed by atoms with van der Waals surface area (Å²) < 4.78 is 5.68. The molecular weight excluding hydrogens is 164 g/mol. The molecule has 0 amide bonds. The molecule has 0 unspecified atom stereocenters. The van der Waals surface area contributed by atoms with Gasteiger partial charge < -0.3 is 4.74 Å². The second-order valence-electron chi connectivity index (χ2n) is 4.02. The van der Waals surface area contributed by atoms with E-state index in [2.05, 4.69) is 0 Å². The number of hydrogen-bond donors (Lipinski definition) is 0. The lowest BCUT2D eigenvalue weighted by atomic mass is 10.0. The quantitative estimate of drug-likeness (QED) is 0.613. The van der Waals surface area contributed by atoms with E-state index in [-0.39, 0.29) is 5.60 Å². The number of carbonyl (C=O) groups is 1. The Balaban J connectivity index is 2.41. The lowest BCUT2D eigenvalue weighted by Gasteiger charge is -2.16. The standard InChI is InChI=1S/C11H12O2/c1-11(2)6-9-4-3-8(7-12)5-10(9)13-11/h3-5,7H,6H2,1-2H3. The molecule has 13 heavy (non-hydrogen) atoms. The molecule has 0 bridgehead atoms. The van der Waals surface area contributed by atoms with Gasteiger partial charge in [0.15, 0.2) is 0 Å². The summed E-state index contributed by atoms with van der Waals surface area (Å²) in [5.41, 5.74) is 1.75. The lowest BCUT2D eigenvalue weighted by molar-refractivity contribution is 0.112. The molecule has 68 valence electrons. The Bertz CT molecular complexity index is 353. The van der Waals surface area contributed by atoms with Crippen molar-refractivity contribution in [2.24, 2.45) is 0 Å². The van der Waals surface area contributed by atoms with Gasteiger partial charge in [0.05, 0.1) is 0 Å². The zero-order chi connectivity index (χ0) is 9.47. The molecule has 1 aliphatic heterocycles. The molecule has 0 radical (unpaired) electrons. The van der Waals surface area contributed by atoms with E-state index in [1.165, 1.54) is 5.56 Å². The van der Waals surface area contributed by atoms with E-state index in [1.807, 2.05) is 26.0 Å². The molecule has 0 saturated carbocycles. The van der Waals surface area contributed by atoms with E-state index in [0.29, 0.717) is 5.56 Å². The van der Waals surface area contributed by atoms with Crippen molar-refractivity contribution in [3.63, 3.8) is 0 Å². The van der Waals surface area contributed by atoms with E-state index >= 15 is 0 Å². The highest BCUT2D eigenvalue weighted by Crippen LogP contribution is 2.34. The topological polar surface area (TPSA) is 26.3 Å². The molecule has 0 aromatic heterocycles. The van der Waals surface area contributed by atoms with Crippen molar-refractivity contribution >= 4 is 6.29 Å². The highest BCUT2D eigenvalue weighted by molar-refractivity contribution is 5.76. The minimum atomic E-state index is -0.121. The van der Waals surface area contributed by atoms with Crippen molar-refractivity contribution in [1.82, 2.24) is 0 Å². The largest absolute Gasteiger partial charge is 0.487 e. The summed E-state index contributed by atoms with van der Waals surface area (Å²) in [6.45, 7) is 4.10. The highest BCUT2D eigenvalue weighted by Gasteiger charge is 2.29. The van der Waals surface area contributed by atoms with Crippen molar-refractivity contribution in [1.29, 1.82) is 0 Å². The summed E-state index contributed by atoms with van der Waals surface area (Å²) in [4.78, 5) is 10.5. The Kier molecular flexibility index (Phi) is 1.65. The zero-order valence-corrected chi connectivity index (χ0v) is 7.83. The van der Waals surface area contributed by atoms with Crippen LogP contribution in [0.15, 0.2) is 18.2 Å². The summed E-state index contributed by atoms with van der Waals surface area (Å²) in [6.07, 6.45) is 1.76. The van der Waals surface area contributed by atoms with Gasteiger partial charge in [-0.2, -0.15) is 0 Å². The smallest absolute Gasteiger partial charge is 0.150 e. The van der Waals surface area contributed by atoms with Crippen LogP contribution in [0, 0.1) is 0 Å². The van der Waals surface area contributed by atoms with Crippen LogP contribution < -0.4 is 4.74 Å². The maximum atomic E-state index is 10.5. The zero-order valence-electron chi connectivity index (χ0n) is 7.83. The molecule has 0 atom stereocenters. The second kappa shape index (κ2) is 2.59. The Hall–Kier alpha value is -1.31. The third kappa shape index (κ3) is 1.44. The molecule has 0 N–H and O–H groups in total. The number of aldehydes is 1. The Morgan fingerprint density at radius 3 is 2.92 bits per heavy atom. The minimum absolute atomic E-state index is 0.121. The fourth-order valence-electron chi connectivity index (χ4n) is 1.68. The fraction of sp³-hybridized carbons (Fsp3) is 0.364. The molecule has 0 fully saturated rings. The molecule has 0 spiro atoms. The van der Waals surface area contributed by atoms with Crippen LogP contribution >= 0.6 is 0 Å². The number of carbonyl (C=O) groups excluding carboxylic acids is 1. The van der Waals surface area contributed by atoms with Gasteiger partial charge in [0.1, 0.15) is 17.6 Å². The number of rotatable bonds is 1. The number of hydrogen-bond acceptors (Lipinski definition) is 2. The number of fused-ring (bicyclic) bond motifs is 1. The first-order valence-electron chi connectivity index (χ1n) is 4.38. The van der Waals surface area contributed by atoms with Crippen LogP contribution in [0.25, 0.3) is 0 Å². The van der Waals surface area contributed by atoms with Gasteiger partial charge in [-0.05, 0) is 25.5 Å². The third-order valence-electron chi connectivity index (χ3n) is 2.23. The van der Waals surface area contributed by atoms with Crippen molar-refractivity contribution in [2.45, 2.75) is 25.9 Å². The van der Waals surface area contributed by atoms with E-state index in [1.54, 1.807) is 6.07 Å². The van der Waals surface area contributed by atoms with Gasteiger partial charge >= 0.3 is 0 Å². The summed E-state index contributed by atoms with van der Waals surface area (Å²) in [6, 6.07) is 5.60. The number of benzene rings is 1. The highest BCUT2D eigenvalue weighted by atomic mass is 16.5. The van der Waals surface area contributed by atoms with E-state index < -0.39 is 0 Å². The van der Waals surface area contributed by atoms with Crippen LogP contribution in [-0.4, -0.2) is 11.9 Å². The fourth-order valence-corrected chi connectivity index (χ4v) is 1.68. The Morgan fingerprint density at radius 1 is 1.46 bits per heavy atom. The van der Waals surface area contributed by atoms with Gasteiger partial charge in [-0.1, -0.05) is 12.1 Å². The minimum Gasteiger partial charge on any atom is -0.487 e. The lowest BCUT2D eigenvalue weighted by Crippen LogP contribution is -2.24. The van der Waals surface area contributed by atoms with Gasteiger partial charge in [0.25, 0.3) is 0 Å². The molecular formula is C11H12O2. The predicted molar refractivity (Wildman–Crippen MR) is 50.2 cm³/mol. The third-order valence-corrected chi connectivity index (χ3v) is 2.23. The second-order valence-corrected chi connectivity index (χ2v) is 4.02. The van der Waals surface area contributed by atoms with Crippen molar-refractivity contribution in [3.8, 4) is 5.75 Å². The van der Waals surface area contributed by atoms with Crippen LogP contribution in [0.3, 0.4) is 0 Å². The van der Waals surface area contributed by atoms with Crippen molar-refractivity contribution in [2.75, 3.05) is 0 Å². The predicted octanol–water partition coefficient (Wildman–Crippen LogP) is 2.21. The van der Waals surface area contributed by atoms with Crippen molar-refractivity contribution < 1.29 is 9.53 Å². The normalized spacial score (nSPS) is 17.7. The monoisotopic (exact) mass is 176 g/mol. The molecule has 0 saturated heterocycles. The molecule has 1 aromatic rings. The average Bonchev–Trinajstić information content (AvgIpc) is 2.36. The molecule has 2 nitrogen and oxygen atoms in total. The Morgan fingerprint density at radius 2 is 2.23 bits per heavy atom. The SMILES string of the molecule is CC1(C)Cc2ccc(C=O)cc2O1. The molecule has 2 heteroatoms. The van der Waals surface area contributed by atoms with Crippen LogP contribution in [0.5, 0.6) is 5.75 Å².